The lowest BCUT2D eigenvalue weighted by atomic mass is 9.97. The number of nitrogens with one attached hydrogen (secondary N) is 1. The van der Waals surface area contributed by atoms with Gasteiger partial charge in [0.2, 0.25) is 5.91 Å². The summed E-state index contributed by atoms with van der Waals surface area (Å²) in [6.45, 7) is 2.91. The molecule has 9 N–H and O–H groups in total. The first-order valence-corrected chi connectivity index (χ1v) is 33.8. The molecule has 12 atom stereocenters. The van der Waals surface area contributed by atoms with E-state index >= 15 is 0 Å². The standard InChI is InChI=1S/C65H127NO13/c1-3-5-7-9-11-13-15-17-19-20-21-22-23-24-25-26-27-28-29-30-31-32-33-35-37-39-41-43-45-47-49-57(70)66-53(54(69)48-46-44-42-40-38-36-34-18-16-14-12-10-8-6-4-2)52-76-64-62(75)60(73)63(56(51-68)78-64)79-65-61(74)59(72)58(71)55(50-67)77-65/h53-56,58-65,67-69,71-75H,3-52H2,1-2H3,(H,66,70)/t53-,54+,55+,56+,58-,59?,60?,61?,62?,63+,64+,65-/m0/s1. The second-order valence-electron chi connectivity index (χ2n) is 24.3. The van der Waals surface area contributed by atoms with Crippen LogP contribution in [0.4, 0.5) is 0 Å². The van der Waals surface area contributed by atoms with Gasteiger partial charge in [-0.1, -0.05) is 296 Å². The van der Waals surface area contributed by atoms with Gasteiger partial charge >= 0.3 is 0 Å². The molecule has 79 heavy (non-hydrogen) atoms. The highest BCUT2D eigenvalue weighted by Crippen LogP contribution is 2.30. The van der Waals surface area contributed by atoms with Crippen LogP contribution in [0.2, 0.25) is 0 Å². The van der Waals surface area contributed by atoms with Gasteiger partial charge in [-0.15, -0.1) is 0 Å². The van der Waals surface area contributed by atoms with E-state index in [4.69, 9.17) is 18.9 Å². The zero-order chi connectivity index (χ0) is 57.4. The molecule has 2 aliphatic rings. The summed E-state index contributed by atoms with van der Waals surface area (Å²) in [6, 6.07) is -0.823. The third-order valence-electron chi connectivity index (χ3n) is 17.1. The average Bonchev–Trinajstić information content (AvgIpc) is 3.52. The first-order chi connectivity index (χ1) is 38.6. The molecule has 0 saturated carbocycles. The molecule has 4 unspecified atom stereocenters. The Morgan fingerprint density at radius 1 is 0.405 bits per heavy atom. The number of hydrogen-bond acceptors (Lipinski definition) is 13. The van der Waals surface area contributed by atoms with E-state index in [0.717, 1.165) is 51.4 Å². The Bertz CT molecular complexity index is 1330. The highest BCUT2D eigenvalue weighted by molar-refractivity contribution is 5.76. The topological polar surface area (TPSA) is 228 Å². The SMILES string of the molecule is CCCCCCCCCCCCCCCCCCCCCCCCCCCCCCCCC(=O)N[C@@H](CO[C@@H]1O[C@H](CO)[C@@H](O[C@@H]2O[C@H](CO)[C@H](O)C(O)C2O)C(O)C1O)[C@H](O)CCCCCCCCCCCCCCCCC. The molecule has 1 amide bonds. The monoisotopic (exact) mass is 1130 g/mol. The van der Waals surface area contributed by atoms with Gasteiger partial charge in [0, 0.05) is 6.42 Å². The van der Waals surface area contributed by atoms with Gasteiger partial charge in [-0.05, 0) is 12.8 Å². The zero-order valence-corrected chi connectivity index (χ0v) is 50.9. The number of ether oxygens (including phenoxy) is 4. The number of carbonyl (C=O) groups excluding carboxylic acids is 1. The summed E-state index contributed by atoms with van der Waals surface area (Å²) in [5.74, 6) is -0.198. The Morgan fingerprint density at radius 3 is 1.08 bits per heavy atom. The summed E-state index contributed by atoms with van der Waals surface area (Å²) < 4.78 is 22.9. The summed E-state index contributed by atoms with van der Waals surface area (Å²) >= 11 is 0. The van der Waals surface area contributed by atoms with Crippen molar-refractivity contribution < 1.29 is 64.6 Å². The van der Waals surface area contributed by atoms with Crippen LogP contribution in [0.3, 0.4) is 0 Å². The number of hydrogen-bond donors (Lipinski definition) is 9. The number of rotatable bonds is 56. The third kappa shape index (κ3) is 36.4. The Balaban J connectivity index is 1.63. The smallest absolute Gasteiger partial charge is 0.220 e. The Hall–Kier alpha value is -1.01. The normalized spacial score (nSPS) is 24.3. The van der Waals surface area contributed by atoms with Crippen LogP contribution < -0.4 is 5.32 Å². The minimum atomic E-state index is -1.78. The third-order valence-corrected chi connectivity index (χ3v) is 17.1. The van der Waals surface area contributed by atoms with Crippen LogP contribution in [0.1, 0.15) is 316 Å². The first-order valence-electron chi connectivity index (χ1n) is 33.8. The van der Waals surface area contributed by atoms with E-state index in [1.807, 2.05) is 0 Å². The predicted octanol–water partition coefficient (Wildman–Crippen LogP) is 12.8. The lowest BCUT2D eigenvalue weighted by Gasteiger charge is -2.46. The minimum Gasteiger partial charge on any atom is -0.394 e. The summed E-state index contributed by atoms with van der Waals surface area (Å²) in [6.07, 6.45) is 42.7. The van der Waals surface area contributed by atoms with Gasteiger partial charge in [-0.25, -0.2) is 0 Å². The molecule has 0 bridgehead atoms. The minimum absolute atomic E-state index is 0.198. The molecule has 2 fully saturated rings. The average molecular weight is 1130 g/mol. The van der Waals surface area contributed by atoms with Crippen LogP contribution in [0.25, 0.3) is 0 Å². The van der Waals surface area contributed by atoms with Crippen LogP contribution in [0.15, 0.2) is 0 Å². The van der Waals surface area contributed by atoms with E-state index in [9.17, 15) is 45.6 Å². The molecule has 2 saturated heterocycles. The molecule has 0 radical (unpaired) electrons. The van der Waals surface area contributed by atoms with Gasteiger partial charge in [-0.3, -0.25) is 4.79 Å². The second kappa shape index (κ2) is 51.4. The van der Waals surface area contributed by atoms with Crippen LogP contribution in [-0.2, 0) is 23.7 Å². The van der Waals surface area contributed by atoms with Crippen LogP contribution in [0.5, 0.6) is 0 Å². The molecule has 0 aromatic heterocycles. The van der Waals surface area contributed by atoms with Gasteiger partial charge in [-0.2, -0.15) is 0 Å². The largest absolute Gasteiger partial charge is 0.394 e. The van der Waals surface area contributed by atoms with Crippen molar-refractivity contribution in [3.8, 4) is 0 Å². The fourth-order valence-corrected chi connectivity index (χ4v) is 11.7. The maximum absolute atomic E-state index is 13.3. The van der Waals surface area contributed by atoms with Gasteiger partial charge in [0.15, 0.2) is 12.6 Å². The summed E-state index contributed by atoms with van der Waals surface area (Å²) in [7, 11) is 0. The van der Waals surface area contributed by atoms with Crippen molar-refractivity contribution in [1.29, 1.82) is 0 Å². The molecule has 2 aliphatic heterocycles. The maximum Gasteiger partial charge on any atom is 0.220 e. The predicted molar refractivity (Wildman–Crippen MR) is 319 cm³/mol. The van der Waals surface area contributed by atoms with E-state index < -0.39 is 86.8 Å². The fourth-order valence-electron chi connectivity index (χ4n) is 11.7. The molecule has 14 nitrogen and oxygen atoms in total. The van der Waals surface area contributed by atoms with Gasteiger partial charge < -0.3 is 65.1 Å². The second-order valence-corrected chi connectivity index (χ2v) is 24.3. The highest BCUT2D eigenvalue weighted by Gasteiger charge is 2.51. The van der Waals surface area contributed by atoms with Crippen molar-refractivity contribution >= 4 is 5.91 Å². The van der Waals surface area contributed by atoms with Crippen molar-refractivity contribution in [3.05, 3.63) is 0 Å². The molecule has 470 valence electrons. The summed E-state index contributed by atoms with van der Waals surface area (Å²) in [5.41, 5.74) is 0. The lowest BCUT2D eigenvalue weighted by Crippen LogP contribution is -2.65. The maximum atomic E-state index is 13.3. The first kappa shape index (κ1) is 74.1. The van der Waals surface area contributed by atoms with Gasteiger partial charge in [0.05, 0.1) is 32.0 Å². The number of aliphatic hydroxyl groups is 8. The van der Waals surface area contributed by atoms with E-state index in [2.05, 4.69) is 19.2 Å². The molecule has 14 heteroatoms. The van der Waals surface area contributed by atoms with E-state index in [1.165, 1.54) is 238 Å². The van der Waals surface area contributed by atoms with Crippen molar-refractivity contribution in [2.24, 2.45) is 0 Å². The fraction of sp³-hybridized carbons (Fsp3) is 0.985. The Kier molecular flexibility index (Phi) is 48.2. The molecule has 2 rings (SSSR count). The highest BCUT2D eigenvalue weighted by atomic mass is 16.7. The van der Waals surface area contributed by atoms with Crippen LogP contribution >= 0.6 is 0 Å². The summed E-state index contributed by atoms with van der Waals surface area (Å²) in [5, 5.41) is 87.4. The lowest BCUT2D eigenvalue weighted by molar-refractivity contribution is -0.359. The molecule has 0 aromatic rings. The van der Waals surface area contributed by atoms with E-state index in [1.54, 1.807) is 0 Å². The molecular formula is C65H127NO13. The van der Waals surface area contributed by atoms with Crippen molar-refractivity contribution in [2.45, 2.75) is 389 Å². The number of aliphatic hydroxyl groups excluding tert-OH is 8. The Morgan fingerprint density at radius 2 is 0.722 bits per heavy atom. The van der Waals surface area contributed by atoms with Crippen LogP contribution in [-0.4, -0.2) is 140 Å². The van der Waals surface area contributed by atoms with E-state index in [0.29, 0.717) is 12.8 Å². The van der Waals surface area contributed by atoms with Crippen molar-refractivity contribution in [1.82, 2.24) is 5.32 Å². The van der Waals surface area contributed by atoms with Crippen LogP contribution in [0, 0.1) is 0 Å². The molecule has 2 heterocycles. The molecule has 0 aliphatic carbocycles. The van der Waals surface area contributed by atoms with Gasteiger partial charge in [0.1, 0.15) is 48.8 Å². The zero-order valence-electron chi connectivity index (χ0n) is 50.9. The van der Waals surface area contributed by atoms with Gasteiger partial charge in [0.25, 0.3) is 0 Å². The number of unbranched alkanes of at least 4 members (excludes halogenated alkanes) is 43. The van der Waals surface area contributed by atoms with E-state index in [-0.39, 0.29) is 12.5 Å². The van der Waals surface area contributed by atoms with Crippen molar-refractivity contribution in [3.63, 3.8) is 0 Å². The number of carbonyl (C=O) groups is 1. The Labute approximate surface area is 483 Å². The molecule has 0 aromatic carbocycles. The summed E-state index contributed by atoms with van der Waals surface area (Å²) in [4.78, 5) is 13.3. The quantitative estimate of drug-likeness (QED) is 0.0259. The molecule has 0 spiro atoms. The van der Waals surface area contributed by atoms with Crippen molar-refractivity contribution in [2.75, 3.05) is 19.8 Å². The molecular weight excluding hydrogens is 1000 g/mol. The number of amides is 1.